The first kappa shape index (κ1) is 25.1. The third-order valence-corrected chi connectivity index (χ3v) is 6.54. The lowest BCUT2D eigenvalue weighted by Crippen LogP contribution is -2.59. The fourth-order valence-corrected chi connectivity index (χ4v) is 4.71. The summed E-state index contributed by atoms with van der Waals surface area (Å²) in [5, 5.41) is 9.69. The van der Waals surface area contributed by atoms with Gasteiger partial charge in [-0.2, -0.15) is 8.42 Å². The molecule has 3 atom stereocenters. The molecule has 1 saturated heterocycles. The third-order valence-electron chi connectivity index (χ3n) is 6.00. The largest absolute Gasteiger partial charge is 0.465 e. The summed E-state index contributed by atoms with van der Waals surface area (Å²) in [6.07, 6.45) is 0.832. The number of pyridine rings is 1. The van der Waals surface area contributed by atoms with Crippen molar-refractivity contribution in [3.05, 3.63) is 66.0 Å². The highest BCUT2D eigenvalue weighted by atomic mass is 32.2. The number of aromatic nitrogens is 1. The summed E-state index contributed by atoms with van der Waals surface area (Å²) in [6, 6.07) is 15.1. The van der Waals surface area contributed by atoms with E-state index in [-0.39, 0.29) is 31.2 Å². The van der Waals surface area contributed by atoms with Crippen LogP contribution in [-0.2, 0) is 24.5 Å². The Morgan fingerprint density at radius 1 is 1.21 bits per heavy atom. The van der Waals surface area contributed by atoms with E-state index in [0.29, 0.717) is 12.1 Å². The van der Waals surface area contributed by atoms with E-state index in [1.165, 1.54) is 4.90 Å². The highest BCUT2D eigenvalue weighted by Crippen LogP contribution is 2.44. The molecule has 1 fully saturated rings. The van der Waals surface area contributed by atoms with Gasteiger partial charge in [-0.15, -0.1) is 0 Å². The minimum atomic E-state index is -3.75. The van der Waals surface area contributed by atoms with Crippen molar-refractivity contribution in [3.8, 4) is 0 Å². The van der Waals surface area contributed by atoms with E-state index in [4.69, 9.17) is 8.92 Å². The summed E-state index contributed by atoms with van der Waals surface area (Å²) < 4.78 is 35.9. The van der Waals surface area contributed by atoms with E-state index in [1.54, 1.807) is 12.3 Å². The monoisotopic (exact) mass is 476 g/mol. The van der Waals surface area contributed by atoms with Gasteiger partial charge in [-0.25, -0.2) is 4.79 Å². The van der Waals surface area contributed by atoms with Crippen LogP contribution in [0.25, 0.3) is 0 Å². The van der Waals surface area contributed by atoms with Gasteiger partial charge in [-0.05, 0) is 29.5 Å². The average Bonchev–Trinajstić information content (AvgIpc) is 2.76. The summed E-state index contributed by atoms with van der Waals surface area (Å²) in [6.45, 7) is 6.25. The van der Waals surface area contributed by atoms with Crippen LogP contribution in [0, 0.1) is 5.41 Å². The second-order valence-corrected chi connectivity index (χ2v) is 11.2. The molecule has 0 radical (unpaired) electrons. The zero-order valence-electron chi connectivity index (χ0n) is 19.5. The summed E-state index contributed by atoms with van der Waals surface area (Å²) in [5.74, 6) is 0. The molecule has 2 aromatic rings. The number of ether oxygens (including phenoxy) is 1. The Hall–Kier alpha value is -2.49. The van der Waals surface area contributed by atoms with E-state index < -0.39 is 27.7 Å². The first-order valence-corrected chi connectivity index (χ1v) is 12.7. The number of carboxylic acid groups (broad SMARTS) is 1. The SMILES string of the molecule is CC(C)(C)C(O[C@H]1CN(C(=O)O)CC[C@]1(COS(C)(=O)=O)c1ccccn1)c1ccccc1. The molecular formula is C24H32N2O6S. The van der Waals surface area contributed by atoms with E-state index in [9.17, 15) is 18.3 Å². The van der Waals surface area contributed by atoms with Gasteiger partial charge in [-0.1, -0.05) is 57.2 Å². The number of hydrogen-bond acceptors (Lipinski definition) is 6. The molecule has 0 spiro atoms. The zero-order valence-corrected chi connectivity index (χ0v) is 20.3. The highest BCUT2D eigenvalue weighted by molar-refractivity contribution is 7.85. The van der Waals surface area contributed by atoms with Crippen molar-refractivity contribution in [2.24, 2.45) is 5.41 Å². The van der Waals surface area contributed by atoms with Gasteiger partial charge < -0.3 is 14.7 Å². The smallest absolute Gasteiger partial charge is 0.407 e. The minimum absolute atomic E-state index is 0.0679. The average molecular weight is 477 g/mol. The van der Waals surface area contributed by atoms with Crippen LogP contribution in [0.2, 0.25) is 0 Å². The molecule has 180 valence electrons. The predicted octanol–water partition coefficient (Wildman–Crippen LogP) is 3.85. The molecule has 1 aromatic heterocycles. The number of likely N-dealkylation sites (tertiary alicyclic amines) is 1. The first-order chi connectivity index (χ1) is 15.4. The molecule has 0 saturated carbocycles. The molecule has 1 amide bonds. The van der Waals surface area contributed by atoms with Crippen molar-refractivity contribution < 1.29 is 27.2 Å². The molecule has 9 heteroatoms. The Labute approximate surface area is 195 Å². The number of amides is 1. The Kier molecular flexibility index (Phi) is 7.45. The van der Waals surface area contributed by atoms with Crippen LogP contribution >= 0.6 is 0 Å². The number of carbonyl (C=O) groups is 1. The quantitative estimate of drug-likeness (QED) is 0.605. The second kappa shape index (κ2) is 9.79. The number of piperidine rings is 1. The van der Waals surface area contributed by atoms with Crippen LogP contribution in [0.1, 0.15) is 44.6 Å². The molecule has 1 aliphatic rings. The second-order valence-electron chi connectivity index (χ2n) is 9.60. The molecule has 1 aliphatic heterocycles. The van der Waals surface area contributed by atoms with Gasteiger partial charge in [0.05, 0.1) is 42.7 Å². The van der Waals surface area contributed by atoms with Crippen LogP contribution < -0.4 is 0 Å². The molecule has 0 bridgehead atoms. The van der Waals surface area contributed by atoms with Gasteiger partial charge in [0.15, 0.2) is 0 Å². The molecular weight excluding hydrogens is 444 g/mol. The van der Waals surface area contributed by atoms with Crippen molar-refractivity contribution in [1.29, 1.82) is 0 Å². The molecule has 1 unspecified atom stereocenters. The topological polar surface area (TPSA) is 106 Å². The maximum absolute atomic E-state index is 11.9. The number of nitrogens with zero attached hydrogens (tertiary/aromatic N) is 2. The fraction of sp³-hybridized carbons (Fsp3) is 0.500. The van der Waals surface area contributed by atoms with E-state index in [2.05, 4.69) is 25.8 Å². The summed E-state index contributed by atoms with van der Waals surface area (Å²) >= 11 is 0. The maximum Gasteiger partial charge on any atom is 0.407 e. The number of hydrogen-bond donors (Lipinski definition) is 1. The highest BCUT2D eigenvalue weighted by Gasteiger charge is 2.50. The molecule has 2 heterocycles. The van der Waals surface area contributed by atoms with Gasteiger partial charge >= 0.3 is 6.09 Å². The summed E-state index contributed by atoms with van der Waals surface area (Å²) in [4.78, 5) is 17.7. The van der Waals surface area contributed by atoms with E-state index in [1.807, 2.05) is 42.5 Å². The minimum Gasteiger partial charge on any atom is -0.465 e. The van der Waals surface area contributed by atoms with Gasteiger partial charge in [-0.3, -0.25) is 9.17 Å². The molecule has 1 aromatic carbocycles. The van der Waals surface area contributed by atoms with Gasteiger partial charge in [0, 0.05) is 12.7 Å². The van der Waals surface area contributed by atoms with Crippen molar-refractivity contribution in [1.82, 2.24) is 9.88 Å². The zero-order chi connectivity index (χ0) is 24.3. The molecule has 8 nitrogen and oxygen atoms in total. The van der Waals surface area contributed by atoms with E-state index >= 15 is 0 Å². The van der Waals surface area contributed by atoms with Gasteiger partial charge in [0.25, 0.3) is 10.1 Å². The van der Waals surface area contributed by atoms with Crippen LogP contribution in [0.15, 0.2) is 54.7 Å². The Morgan fingerprint density at radius 2 is 1.88 bits per heavy atom. The van der Waals surface area contributed by atoms with Crippen molar-refractivity contribution >= 4 is 16.2 Å². The number of benzene rings is 1. The first-order valence-electron chi connectivity index (χ1n) is 10.9. The lowest BCUT2D eigenvalue weighted by atomic mass is 9.73. The Balaban J connectivity index is 2.10. The van der Waals surface area contributed by atoms with Gasteiger partial charge in [0.2, 0.25) is 0 Å². The molecule has 1 N–H and O–H groups in total. The van der Waals surface area contributed by atoms with Crippen molar-refractivity contribution in [2.75, 3.05) is 26.0 Å². The lowest BCUT2D eigenvalue weighted by molar-refractivity contribution is -0.131. The van der Waals surface area contributed by atoms with Crippen LogP contribution in [0.4, 0.5) is 4.79 Å². The third kappa shape index (κ3) is 6.10. The van der Waals surface area contributed by atoms with E-state index in [0.717, 1.165) is 11.8 Å². The lowest BCUT2D eigenvalue weighted by Gasteiger charge is -2.48. The molecule has 3 rings (SSSR count). The predicted molar refractivity (Wildman–Crippen MR) is 124 cm³/mol. The summed E-state index contributed by atoms with van der Waals surface area (Å²) in [5.41, 5.74) is 0.301. The maximum atomic E-state index is 11.9. The standard InChI is InChI=1S/C24H32N2O6S/c1-23(2,3)21(18-10-6-5-7-11-18)32-20-16-26(22(27)28)15-13-24(20,17-31-33(4,29)30)19-12-8-9-14-25-19/h5-12,14,20-21H,13,15-17H2,1-4H3,(H,27,28)/t20-,21?,24-/m0/s1. The number of rotatable bonds is 7. The van der Waals surface area contributed by atoms with Gasteiger partial charge in [0.1, 0.15) is 0 Å². The fourth-order valence-electron chi connectivity index (χ4n) is 4.28. The Morgan fingerprint density at radius 3 is 2.42 bits per heavy atom. The van der Waals surface area contributed by atoms with Crippen molar-refractivity contribution in [3.63, 3.8) is 0 Å². The summed E-state index contributed by atoms with van der Waals surface area (Å²) in [7, 11) is -3.75. The Bertz CT molecular complexity index is 1040. The van der Waals surface area contributed by atoms with Crippen molar-refractivity contribution in [2.45, 2.75) is 44.8 Å². The molecule has 33 heavy (non-hydrogen) atoms. The molecule has 0 aliphatic carbocycles. The van der Waals surface area contributed by atoms with Crippen LogP contribution in [0.3, 0.4) is 0 Å². The van der Waals surface area contributed by atoms with Crippen LogP contribution in [0.5, 0.6) is 0 Å². The normalized spacial score (nSPS) is 22.7. The van der Waals surface area contributed by atoms with Crippen LogP contribution in [-0.4, -0.2) is 61.6 Å².